The fourth-order valence-electron chi connectivity index (χ4n) is 2.32. The van der Waals surface area contributed by atoms with E-state index in [2.05, 4.69) is 5.32 Å². The van der Waals surface area contributed by atoms with Gasteiger partial charge in [-0.05, 0) is 30.3 Å². The van der Waals surface area contributed by atoms with Crippen molar-refractivity contribution in [3.8, 4) is 5.75 Å². The Kier molecular flexibility index (Phi) is 4.48. The molecule has 3 rings (SSSR count). The summed E-state index contributed by atoms with van der Waals surface area (Å²) in [5.41, 5.74) is 0.0483. The van der Waals surface area contributed by atoms with Crippen molar-refractivity contribution in [2.45, 2.75) is 0 Å². The number of nitrogens with zero attached hydrogens (tertiary/aromatic N) is 1. The number of rotatable bonds is 2. The number of carbonyl (C=O) groups excluding carboxylic acids is 3. The van der Waals surface area contributed by atoms with E-state index in [1.54, 1.807) is 30.3 Å². The lowest BCUT2D eigenvalue weighted by Gasteiger charge is -2.26. The van der Waals surface area contributed by atoms with Crippen LogP contribution in [0.4, 0.5) is 10.5 Å². The molecule has 0 bridgehead atoms. The molecule has 1 fully saturated rings. The van der Waals surface area contributed by atoms with E-state index in [1.165, 1.54) is 12.1 Å². The Morgan fingerprint density at radius 3 is 2.40 bits per heavy atom. The molecule has 1 aliphatic heterocycles. The lowest BCUT2D eigenvalue weighted by atomic mass is 10.1. The number of urea groups is 1. The maximum atomic E-state index is 12.7. The van der Waals surface area contributed by atoms with Gasteiger partial charge in [-0.25, -0.2) is 9.69 Å². The summed E-state index contributed by atoms with van der Waals surface area (Å²) in [5.74, 6) is -2.03. The average molecular weight is 377 g/mol. The van der Waals surface area contributed by atoms with Crippen molar-refractivity contribution in [2.75, 3.05) is 4.90 Å². The Bertz CT molecular complexity index is 926. The van der Waals surface area contributed by atoms with E-state index in [0.29, 0.717) is 5.69 Å². The Balaban J connectivity index is 2.08. The van der Waals surface area contributed by atoms with Gasteiger partial charge in [0.05, 0.1) is 10.7 Å². The zero-order chi connectivity index (χ0) is 18.1. The molecule has 6 nitrogen and oxygen atoms in total. The normalized spacial score (nSPS) is 16.3. The third-order valence-corrected chi connectivity index (χ3v) is 3.98. The van der Waals surface area contributed by atoms with Crippen molar-refractivity contribution in [3.05, 3.63) is 63.6 Å². The maximum absolute atomic E-state index is 12.7. The molecule has 2 aromatic carbocycles. The number of amides is 4. The van der Waals surface area contributed by atoms with Gasteiger partial charge < -0.3 is 5.11 Å². The van der Waals surface area contributed by atoms with Crippen LogP contribution in [0, 0.1) is 0 Å². The van der Waals surface area contributed by atoms with Crippen molar-refractivity contribution in [3.63, 3.8) is 0 Å². The number of hydrogen-bond acceptors (Lipinski definition) is 4. The molecule has 8 heteroatoms. The Hall–Kier alpha value is -2.83. The summed E-state index contributed by atoms with van der Waals surface area (Å²) >= 11 is 11.7. The summed E-state index contributed by atoms with van der Waals surface area (Å²) in [7, 11) is 0. The first-order valence-electron chi connectivity index (χ1n) is 7.03. The van der Waals surface area contributed by atoms with E-state index in [-0.39, 0.29) is 26.9 Å². The van der Waals surface area contributed by atoms with Gasteiger partial charge in [-0.3, -0.25) is 14.9 Å². The lowest BCUT2D eigenvalue weighted by molar-refractivity contribution is -0.122. The molecular weight excluding hydrogens is 367 g/mol. The Morgan fingerprint density at radius 1 is 1.04 bits per heavy atom. The van der Waals surface area contributed by atoms with E-state index in [4.69, 9.17) is 23.2 Å². The van der Waals surface area contributed by atoms with Gasteiger partial charge in [-0.2, -0.15) is 0 Å². The number of aromatic hydroxyl groups is 1. The minimum absolute atomic E-state index is 0.0287. The lowest BCUT2D eigenvalue weighted by Crippen LogP contribution is -2.54. The molecule has 0 atom stereocenters. The highest BCUT2D eigenvalue weighted by Gasteiger charge is 2.36. The van der Waals surface area contributed by atoms with Crippen LogP contribution in [-0.2, 0) is 9.59 Å². The molecule has 0 unspecified atom stereocenters. The summed E-state index contributed by atoms with van der Waals surface area (Å²) in [5, 5.41) is 12.3. The number of benzene rings is 2. The first kappa shape index (κ1) is 17.0. The van der Waals surface area contributed by atoms with Crippen LogP contribution in [0.15, 0.2) is 48.0 Å². The topological polar surface area (TPSA) is 86.7 Å². The predicted octanol–water partition coefficient (Wildman–Crippen LogP) is 3.37. The molecule has 1 heterocycles. The number of phenolic OH excluding ortho intramolecular Hbond substituents is 1. The van der Waals surface area contributed by atoms with Gasteiger partial charge in [0.1, 0.15) is 11.3 Å². The molecule has 2 aromatic rings. The molecule has 1 aliphatic rings. The second-order valence-corrected chi connectivity index (χ2v) is 5.96. The number of phenols is 1. The van der Waals surface area contributed by atoms with Crippen LogP contribution in [0.2, 0.25) is 10.0 Å². The summed E-state index contributed by atoms with van der Waals surface area (Å²) in [6, 6.07) is 9.95. The van der Waals surface area contributed by atoms with E-state index in [9.17, 15) is 19.5 Å². The van der Waals surface area contributed by atoms with E-state index >= 15 is 0 Å². The fraction of sp³-hybridized carbons (Fsp3) is 0. The SMILES string of the molecule is O=C1NC(=O)N(c2ccccc2)C(=O)/C1=C/c1cc(Cl)cc(Cl)c1O. The molecule has 0 aromatic heterocycles. The highest BCUT2D eigenvalue weighted by Crippen LogP contribution is 2.33. The quantitative estimate of drug-likeness (QED) is 0.621. The number of carbonyl (C=O) groups is 3. The molecule has 0 radical (unpaired) electrons. The van der Waals surface area contributed by atoms with Gasteiger partial charge in [0, 0.05) is 10.6 Å². The third-order valence-electron chi connectivity index (χ3n) is 3.47. The number of halogens is 2. The van der Waals surface area contributed by atoms with E-state index in [0.717, 1.165) is 11.0 Å². The minimum Gasteiger partial charge on any atom is -0.506 e. The maximum Gasteiger partial charge on any atom is 0.335 e. The molecule has 0 spiro atoms. The molecular formula is C17H10Cl2N2O4. The van der Waals surface area contributed by atoms with Crippen molar-refractivity contribution in [2.24, 2.45) is 0 Å². The van der Waals surface area contributed by atoms with Gasteiger partial charge in [-0.1, -0.05) is 41.4 Å². The standard InChI is InChI=1S/C17H10Cl2N2O4/c18-10-6-9(14(22)13(19)8-10)7-12-15(23)20-17(25)21(16(12)24)11-4-2-1-3-5-11/h1-8,22H,(H,20,23,25)/b12-7+. The Morgan fingerprint density at radius 2 is 1.72 bits per heavy atom. The van der Waals surface area contributed by atoms with E-state index < -0.39 is 17.8 Å². The average Bonchev–Trinajstić information content (AvgIpc) is 2.56. The van der Waals surface area contributed by atoms with Crippen molar-refractivity contribution in [1.29, 1.82) is 0 Å². The van der Waals surface area contributed by atoms with Gasteiger partial charge in [0.15, 0.2) is 0 Å². The molecule has 1 saturated heterocycles. The van der Waals surface area contributed by atoms with Crippen LogP contribution in [-0.4, -0.2) is 23.0 Å². The van der Waals surface area contributed by atoms with E-state index in [1.807, 2.05) is 0 Å². The van der Waals surface area contributed by atoms with Crippen LogP contribution in [0.3, 0.4) is 0 Å². The number of nitrogens with one attached hydrogen (secondary N) is 1. The van der Waals surface area contributed by atoms with Crippen LogP contribution in [0.1, 0.15) is 5.56 Å². The van der Waals surface area contributed by atoms with Gasteiger partial charge in [-0.15, -0.1) is 0 Å². The predicted molar refractivity (Wildman–Crippen MR) is 93.6 cm³/mol. The Labute approximate surface area is 152 Å². The van der Waals surface area contributed by atoms with Crippen LogP contribution >= 0.6 is 23.2 Å². The zero-order valence-electron chi connectivity index (χ0n) is 12.5. The highest BCUT2D eigenvalue weighted by molar-refractivity contribution is 6.39. The molecule has 0 aliphatic carbocycles. The number of imide groups is 2. The fourth-order valence-corrected chi connectivity index (χ4v) is 2.83. The minimum atomic E-state index is -0.877. The van der Waals surface area contributed by atoms with Crippen LogP contribution in [0.25, 0.3) is 6.08 Å². The highest BCUT2D eigenvalue weighted by atomic mass is 35.5. The molecule has 126 valence electrons. The molecule has 4 amide bonds. The monoisotopic (exact) mass is 376 g/mol. The first-order chi connectivity index (χ1) is 11.9. The van der Waals surface area contributed by atoms with Gasteiger partial charge in [0.2, 0.25) is 0 Å². The van der Waals surface area contributed by atoms with Gasteiger partial charge in [0.25, 0.3) is 11.8 Å². The summed E-state index contributed by atoms with van der Waals surface area (Å²) in [6.07, 6.45) is 1.13. The second-order valence-electron chi connectivity index (χ2n) is 5.12. The number of barbiturate groups is 1. The number of anilines is 1. The largest absolute Gasteiger partial charge is 0.506 e. The van der Waals surface area contributed by atoms with Crippen molar-refractivity contribution >= 4 is 52.8 Å². The van der Waals surface area contributed by atoms with Crippen LogP contribution in [0.5, 0.6) is 5.75 Å². The first-order valence-corrected chi connectivity index (χ1v) is 7.78. The molecule has 0 saturated carbocycles. The molecule has 2 N–H and O–H groups in total. The summed E-state index contributed by atoms with van der Waals surface area (Å²) < 4.78 is 0. The van der Waals surface area contributed by atoms with Crippen molar-refractivity contribution in [1.82, 2.24) is 5.32 Å². The van der Waals surface area contributed by atoms with Gasteiger partial charge >= 0.3 is 6.03 Å². The van der Waals surface area contributed by atoms with Crippen molar-refractivity contribution < 1.29 is 19.5 Å². The number of para-hydroxylation sites is 1. The molecule has 25 heavy (non-hydrogen) atoms. The summed E-state index contributed by atoms with van der Waals surface area (Å²) in [6.45, 7) is 0. The third kappa shape index (κ3) is 3.22. The zero-order valence-corrected chi connectivity index (χ0v) is 14.0. The second kappa shape index (κ2) is 6.58. The summed E-state index contributed by atoms with van der Waals surface area (Å²) in [4.78, 5) is 37.6. The number of hydrogen-bond donors (Lipinski definition) is 2. The smallest absolute Gasteiger partial charge is 0.335 e. The van der Waals surface area contributed by atoms with Crippen LogP contribution < -0.4 is 10.2 Å².